The number of rotatable bonds is 3. The van der Waals surface area contributed by atoms with Gasteiger partial charge in [0.05, 0.1) is 12.1 Å². The lowest BCUT2D eigenvalue weighted by atomic mass is 9.86. The van der Waals surface area contributed by atoms with Gasteiger partial charge < -0.3 is 15.3 Å². The number of hydrogen-bond acceptors (Lipinski definition) is 3. The number of nitrogens with one attached hydrogen (secondary N) is 1. The second kappa shape index (κ2) is 5.83. The molecule has 1 heterocycles. The predicted molar refractivity (Wildman–Crippen MR) is 66.6 cm³/mol. The molecule has 1 atom stereocenters. The Morgan fingerprint density at radius 2 is 2.00 bits per heavy atom. The van der Waals surface area contributed by atoms with Gasteiger partial charge in [-0.3, -0.25) is 4.79 Å². The van der Waals surface area contributed by atoms with Gasteiger partial charge >= 0.3 is 0 Å². The summed E-state index contributed by atoms with van der Waals surface area (Å²) in [6.45, 7) is 1.81. The van der Waals surface area contributed by atoms with Crippen LogP contribution in [0.1, 0.15) is 38.5 Å². The number of carbonyl (C=O) groups excluding carboxylic acids is 1. The Morgan fingerprint density at radius 3 is 2.65 bits per heavy atom. The molecule has 0 bridgehead atoms. The summed E-state index contributed by atoms with van der Waals surface area (Å²) in [7, 11) is 1.86. The second-order valence-electron chi connectivity index (χ2n) is 5.44. The van der Waals surface area contributed by atoms with Crippen LogP contribution < -0.4 is 5.32 Å². The maximum Gasteiger partial charge on any atom is 0.239 e. The molecule has 17 heavy (non-hydrogen) atoms. The largest absolute Gasteiger partial charge is 0.393 e. The molecule has 4 nitrogen and oxygen atoms in total. The van der Waals surface area contributed by atoms with E-state index in [4.69, 9.17) is 0 Å². The van der Waals surface area contributed by atoms with Crippen LogP contribution in [0.25, 0.3) is 0 Å². The molecule has 0 spiro atoms. The molecule has 98 valence electrons. The number of aliphatic hydroxyl groups excluding tert-OH is 1. The number of nitrogens with zero attached hydrogens (tertiary/aromatic N) is 1. The van der Waals surface area contributed by atoms with E-state index in [2.05, 4.69) is 5.32 Å². The fourth-order valence-electron chi connectivity index (χ4n) is 3.03. The summed E-state index contributed by atoms with van der Waals surface area (Å²) in [5.74, 6) is 0.864. The fraction of sp³-hybridized carbons (Fsp3) is 0.923. The van der Waals surface area contributed by atoms with E-state index in [1.54, 1.807) is 0 Å². The van der Waals surface area contributed by atoms with Crippen molar-refractivity contribution >= 4 is 5.91 Å². The van der Waals surface area contributed by atoms with Gasteiger partial charge in [0, 0.05) is 13.1 Å². The molecule has 2 fully saturated rings. The molecule has 1 aliphatic heterocycles. The van der Waals surface area contributed by atoms with Crippen LogP contribution in [-0.4, -0.2) is 48.2 Å². The number of likely N-dealkylation sites (tertiary alicyclic amines) is 1. The summed E-state index contributed by atoms with van der Waals surface area (Å²) >= 11 is 0. The van der Waals surface area contributed by atoms with Crippen molar-refractivity contribution in [2.45, 2.75) is 50.7 Å². The molecule has 1 saturated carbocycles. The Bertz CT molecular complexity index is 262. The summed E-state index contributed by atoms with van der Waals surface area (Å²) in [5.41, 5.74) is 0. The van der Waals surface area contributed by atoms with Crippen LogP contribution in [0.4, 0.5) is 0 Å². The second-order valence-corrected chi connectivity index (χ2v) is 5.44. The van der Waals surface area contributed by atoms with Crippen molar-refractivity contribution in [2.75, 3.05) is 20.1 Å². The van der Waals surface area contributed by atoms with Crippen molar-refractivity contribution in [1.29, 1.82) is 0 Å². The normalized spacial score (nSPS) is 35.1. The summed E-state index contributed by atoms with van der Waals surface area (Å²) < 4.78 is 0. The van der Waals surface area contributed by atoms with Crippen LogP contribution in [0.3, 0.4) is 0 Å². The zero-order valence-electron chi connectivity index (χ0n) is 10.7. The molecule has 2 N–H and O–H groups in total. The minimum Gasteiger partial charge on any atom is -0.393 e. The highest BCUT2D eigenvalue weighted by Crippen LogP contribution is 2.26. The average molecular weight is 240 g/mol. The molecule has 0 aromatic rings. The minimum absolute atomic E-state index is 0.0259. The lowest BCUT2D eigenvalue weighted by Crippen LogP contribution is -2.51. The average Bonchev–Trinajstić information content (AvgIpc) is 2.35. The summed E-state index contributed by atoms with van der Waals surface area (Å²) in [6, 6.07) is 0.0259. The van der Waals surface area contributed by atoms with Crippen LogP contribution in [0.2, 0.25) is 0 Å². The van der Waals surface area contributed by atoms with Gasteiger partial charge in [-0.05, 0) is 51.5 Å². The van der Waals surface area contributed by atoms with Gasteiger partial charge in [0.2, 0.25) is 5.91 Å². The Balaban J connectivity index is 1.83. The van der Waals surface area contributed by atoms with Gasteiger partial charge in [0.15, 0.2) is 0 Å². The van der Waals surface area contributed by atoms with E-state index in [1.807, 2.05) is 11.9 Å². The zero-order valence-corrected chi connectivity index (χ0v) is 10.7. The molecule has 1 saturated heterocycles. The summed E-state index contributed by atoms with van der Waals surface area (Å²) in [4.78, 5) is 14.1. The number of piperidine rings is 1. The van der Waals surface area contributed by atoms with Crippen molar-refractivity contribution in [2.24, 2.45) is 5.92 Å². The fourth-order valence-corrected chi connectivity index (χ4v) is 3.03. The maximum absolute atomic E-state index is 12.1. The molecule has 0 aromatic heterocycles. The first kappa shape index (κ1) is 12.8. The Morgan fingerprint density at radius 1 is 1.29 bits per heavy atom. The molecular formula is C13H24N2O2. The van der Waals surface area contributed by atoms with E-state index in [0.29, 0.717) is 5.92 Å². The lowest BCUT2D eigenvalue weighted by molar-refractivity contribution is -0.136. The molecular weight excluding hydrogens is 216 g/mol. The first-order valence-corrected chi connectivity index (χ1v) is 6.85. The highest BCUT2D eigenvalue weighted by Gasteiger charge is 2.30. The number of hydrogen-bond donors (Lipinski definition) is 2. The molecule has 0 radical (unpaired) electrons. The molecule has 1 amide bonds. The predicted octanol–water partition coefficient (Wildman–Crippen LogP) is 0.748. The number of likely N-dealkylation sites (N-methyl/N-ethyl adjacent to an activating group) is 1. The number of aliphatic hydroxyl groups is 1. The van der Waals surface area contributed by atoms with Crippen LogP contribution in [-0.2, 0) is 4.79 Å². The van der Waals surface area contributed by atoms with E-state index in [-0.39, 0.29) is 18.1 Å². The first-order valence-electron chi connectivity index (χ1n) is 6.85. The zero-order chi connectivity index (χ0) is 12.3. The lowest BCUT2D eigenvalue weighted by Gasteiger charge is -2.36. The van der Waals surface area contributed by atoms with Crippen LogP contribution in [0.5, 0.6) is 0 Å². The third-order valence-corrected chi connectivity index (χ3v) is 4.17. The van der Waals surface area contributed by atoms with Crippen LogP contribution in [0.15, 0.2) is 0 Å². The molecule has 0 aromatic carbocycles. The highest BCUT2D eigenvalue weighted by atomic mass is 16.3. The summed E-state index contributed by atoms with van der Waals surface area (Å²) in [6.07, 6.45) is 5.91. The van der Waals surface area contributed by atoms with Crippen molar-refractivity contribution in [3.63, 3.8) is 0 Å². The Kier molecular flexibility index (Phi) is 4.40. The van der Waals surface area contributed by atoms with Crippen molar-refractivity contribution < 1.29 is 9.90 Å². The van der Waals surface area contributed by atoms with Crippen molar-refractivity contribution in [3.8, 4) is 0 Å². The highest BCUT2D eigenvalue weighted by molar-refractivity contribution is 5.82. The topological polar surface area (TPSA) is 52.6 Å². The van der Waals surface area contributed by atoms with Gasteiger partial charge in [0.1, 0.15) is 0 Å². The van der Waals surface area contributed by atoms with Crippen LogP contribution in [0, 0.1) is 5.92 Å². The van der Waals surface area contributed by atoms with E-state index >= 15 is 0 Å². The quantitative estimate of drug-likeness (QED) is 0.765. The number of carbonyl (C=O) groups is 1. The van der Waals surface area contributed by atoms with E-state index in [9.17, 15) is 9.90 Å². The van der Waals surface area contributed by atoms with Crippen molar-refractivity contribution in [3.05, 3.63) is 0 Å². The number of amides is 1. The molecule has 2 rings (SSSR count). The smallest absolute Gasteiger partial charge is 0.239 e. The van der Waals surface area contributed by atoms with E-state index in [1.165, 1.54) is 0 Å². The Hall–Kier alpha value is -0.610. The van der Waals surface area contributed by atoms with E-state index < -0.39 is 0 Å². The molecule has 1 aliphatic carbocycles. The molecule has 2 aliphatic rings. The third kappa shape index (κ3) is 3.19. The van der Waals surface area contributed by atoms with Gasteiger partial charge in [-0.2, -0.15) is 0 Å². The SMILES string of the molecule is CNC1CCCN(CC2CCC(O)CC2)C1=O. The molecule has 1 unspecified atom stereocenters. The first-order chi connectivity index (χ1) is 8.20. The standard InChI is InChI=1S/C13H24N2O2/c1-14-12-3-2-8-15(13(12)17)9-10-4-6-11(16)7-5-10/h10-12,14,16H,2-9H2,1H3. The minimum atomic E-state index is -0.103. The van der Waals surface area contributed by atoms with Crippen molar-refractivity contribution in [1.82, 2.24) is 10.2 Å². The van der Waals surface area contributed by atoms with Crippen LogP contribution >= 0.6 is 0 Å². The van der Waals surface area contributed by atoms with Gasteiger partial charge in [-0.15, -0.1) is 0 Å². The monoisotopic (exact) mass is 240 g/mol. The molecule has 4 heteroatoms. The Labute approximate surface area is 103 Å². The van der Waals surface area contributed by atoms with Gasteiger partial charge in [-0.25, -0.2) is 0 Å². The van der Waals surface area contributed by atoms with Gasteiger partial charge in [0.25, 0.3) is 0 Å². The maximum atomic E-state index is 12.1. The van der Waals surface area contributed by atoms with E-state index in [0.717, 1.165) is 51.6 Å². The third-order valence-electron chi connectivity index (χ3n) is 4.17. The van der Waals surface area contributed by atoms with Gasteiger partial charge in [-0.1, -0.05) is 0 Å². The summed E-state index contributed by atoms with van der Waals surface area (Å²) in [5, 5.41) is 12.6.